The molecule has 0 atom stereocenters. The quantitative estimate of drug-likeness (QED) is 0.898. The largest absolute Gasteiger partial charge is 0.324 e. The monoisotopic (exact) mass is 351 g/mol. The van der Waals surface area contributed by atoms with Crippen molar-refractivity contribution in [3.05, 3.63) is 16.5 Å². The van der Waals surface area contributed by atoms with E-state index in [-0.39, 0.29) is 5.54 Å². The molecule has 0 unspecified atom stereocenters. The van der Waals surface area contributed by atoms with Crippen LogP contribution >= 0.6 is 22.9 Å². The van der Waals surface area contributed by atoms with Gasteiger partial charge in [0.25, 0.3) is 10.0 Å². The Balaban J connectivity index is 2.06. The zero-order chi connectivity index (χ0) is 15.7. The minimum atomic E-state index is -3.42. The minimum Gasteiger partial charge on any atom is -0.324 e. The first-order valence-corrected chi connectivity index (χ1v) is 9.59. The first kappa shape index (κ1) is 17.2. The molecule has 0 aromatic carbocycles. The van der Waals surface area contributed by atoms with Gasteiger partial charge in [-0.15, -0.1) is 11.3 Å². The van der Waals surface area contributed by atoms with Crippen LogP contribution in [0.2, 0.25) is 4.34 Å². The molecule has 8 heteroatoms. The summed E-state index contributed by atoms with van der Waals surface area (Å²) in [6, 6.07) is 3.20. The Hall–Kier alpha value is -0.180. The highest BCUT2D eigenvalue weighted by molar-refractivity contribution is 7.91. The summed E-state index contributed by atoms with van der Waals surface area (Å²) in [5, 5.41) is 0. The topological polar surface area (TPSA) is 66.6 Å². The molecule has 0 amide bonds. The molecule has 2 rings (SSSR count). The van der Waals surface area contributed by atoms with Crippen LogP contribution in [0.15, 0.2) is 16.3 Å². The Morgan fingerprint density at radius 2 is 2.00 bits per heavy atom. The molecule has 2 heterocycles. The van der Waals surface area contributed by atoms with E-state index < -0.39 is 10.0 Å². The van der Waals surface area contributed by atoms with Gasteiger partial charge in [0.2, 0.25) is 0 Å². The lowest BCUT2D eigenvalue weighted by atomic mass is 10.1. The minimum absolute atomic E-state index is 0.269. The fourth-order valence-electron chi connectivity index (χ4n) is 2.49. The second-order valence-corrected chi connectivity index (χ2v) is 9.96. The van der Waals surface area contributed by atoms with Gasteiger partial charge in [-0.25, -0.2) is 8.42 Å². The molecular weight excluding hydrogens is 330 g/mol. The van der Waals surface area contributed by atoms with Crippen molar-refractivity contribution in [2.45, 2.75) is 30.0 Å². The van der Waals surface area contributed by atoms with Crippen molar-refractivity contribution in [3.8, 4) is 0 Å². The van der Waals surface area contributed by atoms with Gasteiger partial charge in [-0.2, -0.15) is 4.31 Å². The van der Waals surface area contributed by atoms with Gasteiger partial charge in [0.15, 0.2) is 0 Å². The van der Waals surface area contributed by atoms with Gasteiger partial charge < -0.3 is 10.6 Å². The van der Waals surface area contributed by atoms with Crippen LogP contribution in [0.25, 0.3) is 0 Å². The molecule has 0 bridgehead atoms. The molecule has 1 aliphatic heterocycles. The molecule has 0 radical (unpaired) electrons. The predicted molar refractivity (Wildman–Crippen MR) is 87.4 cm³/mol. The molecule has 1 aromatic rings. The number of halogens is 1. The number of hydrogen-bond acceptors (Lipinski definition) is 5. The smallest absolute Gasteiger partial charge is 0.252 e. The van der Waals surface area contributed by atoms with E-state index in [1.54, 1.807) is 16.4 Å². The standard InChI is InChI=1S/C13H22ClN3O2S2/c1-13(2,15)10-16-6-3-7-17(9-8-16)21(18,19)12-5-4-11(14)20-12/h4-5H,3,6-10,15H2,1-2H3. The van der Waals surface area contributed by atoms with E-state index >= 15 is 0 Å². The summed E-state index contributed by atoms with van der Waals surface area (Å²) < 4.78 is 27.5. The molecule has 0 aliphatic carbocycles. The van der Waals surface area contributed by atoms with Crippen molar-refractivity contribution >= 4 is 33.0 Å². The molecule has 0 saturated carbocycles. The van der Waals surface area contributed by atoms with Gasteiger partial charge in [-0.1, -0.05) is 11.6 Å². The third kappa shape index (κ3) is 4.64. The maximum absolute atomic E-state index is 12.6. The van der Waals surface area contributed by atoms with E-state index in [4.69, 9.17) is 17.3 Å². The maximum Gasteiger partial charge on any atom is 0.252 e. The lowest BCUT2D eigenvalue weighted by molar-refractivity contribution is 0.235. The molecule has 21 heavy (non-hydrogen) atoms. The highest BCUT2D eigenvalue weighted by Gasteiger charge is 2.29. The summed E-state index contributed by atoms with van der Waals surface area (Å²) in [6.45, 7) is 7.36. The zero-order valence-corrected chi connectivity index (χ0v) is 14.8. The van der Waals surface area contributed by atoms with E-state index in [0.717, 1.165) is 30.8 Å². The number of hydrogen-bond donors (Lipinski definition) is 1. The van der Waals surface area contributed by atoms with Crippen molar-refractivity contribution in [1.29, 1.82) is 0 Å². The summed E-state index contributed by atoms with van der Waals surface area (Å²) in [4.78, 5) is 2.23. The Morgan fingerprint density at radius 3 is 2.57 bits per heavy atom. The number of thiophene rings is 1. The molecular formula is C13H22ClN3O2S2. The average Bonchev–Trinajstić information content (AvgIpc) is 2.65. The number of sulfonamides is 1. The van der Waals surface area contributed by atoms with Gasteiger partial charge in [0, 0.05) is 31.7 Å². The summed E-state index contributed by atoms with van der Waals surface area (Å²) in [5.74, 6) is 0. The summed E-state index contributed by atoms with van der Waals surface area (Å²) in [7, 11) is -3.42. The third-order valence-corrected chi connectivity index (χ3v) is 6.92. The molecule has 5 nitrogen and oxygen atoms in total. The number of nitrogens with two attached hydrogens (primary N) is 1. The lowest BCUT2D eigenvalue weighted by Crippen LogP contribution is -2.46. The summed E-state index contributed by atoms with van der Waals surface area (Å²) in [5.41, 5.74) is 5.78. The van der Waals surface area contributed by atoms with Crippen molar-refractivity contribution in [1.82, 2.24) is 9.21 Å². The maximum atomic E-state index is 12.6. The average molecular weight is 352 g/mol. The Labute approximate surface area is 135 Å². The zero-order valence-electron chi connectivity index (χ0n) is 12.4. The first-order valence-electron chi connectivity index (χ1n) is 6.95. The molecule has 120 valence electrons. The van der Waals surface area contributed by atoms with Crippen LogP contribution in [0.5, 0.6) is 0 Å². The highest BCUT2D eigenvalue weighted by atomic mass is 35.5. The van der Waals surface area contributed by atoms with Crippen LogP contribution in [-0.4, -0.2) is 55.9 Å². The van der Waals surface area contributed by atoms with E-state index in [1.807, 2.05) is 13.8 Å². The van der Waals surface area contributed by atoms with Gasteiger partial charge in [-0.05, 0) is 38.9 Å². The molecule has 1 saturated heterocycles. The molecule has 2 N–H and O–H groups in total. The molecule has 1 fully saturated rings. The van der Waals surface area contributed by atoms with Crippen LogP contribution in [0.4, 0.5) is 0 Å². The summed E-state index contributed by atoms with van der Waals surface area (Å²) in [6.07, 6.45) is 0.814. The van der Waals surface area contributed by atoms with E-state index in [0.29, 0.717) is 28.2 Å². The van der Waals surface area contributed by atoms with Crippen molar-refractivity contribution in [3.63, 3.8) is 0 Å². The normalized spacial score (nSPS) is 19.6. The first-order chi connectivity index (χ1) is 9.68. The van der Waals surface area contributed by atoms with Crippen LogP contribution in [0, 0.1) is 0 Å². The fourth-order valence-corrected chi connectivity index (χ4v) is 5.59. The van der Waals surface area contributed by atoms with Crippen LogP contribution in [0.3, 0.4) is 0 Å². The van der Waals surface area contributed by atoms with Crippen LogP contribution in [-0.2, 0) is 10.0 Å². The highest BCUT2D eigenvalue weighted by Crippen LogP contribution is 2.28. The number of nitrogens with zero attached hydrogens (tertiary/aromatic N) is 2. The van der Waals surface area contributed by atoms with E-state index in [9.17, 15) is 8.42 Å². The van der Waals surface area contributed by atoms with Crippen LogP contribution in [0.1, 0.15) is 20.3 Å². The second-order valence-electron chi connectivity index (χ2n) is 6.08. The molecule has 1 aromatic heterocycles. The Morgan fingerprint density at radius 1 is 1.29 bits per heavy atom. The SMILES string of the molecule is CC(C)(N)CN1CCCN(S(=O)(=O)c2ccc(Cl)s2)CC1. The van der Waals surface area contributed by atoms with Gasteiger partial charge in [0.1, 0.15) is 4.21 Å². The number of rotatable bonds is 4. The van der Waals surface area contributed by atoms with E-state index in [2.05, 4.69) is 4.90 Å². The fraction of sp³-hybridized carbons (Fsp3) is 0.692. The molecule has 1 aliphatic rings. The van der Waals surface area contributed by atoms with Crippen LogP contribution < -0.4 is 5.73 Å². The molecule has 0 spiro atoms. The Bertz CT molecular complexity index is 580. The van der Waals surface area contributed by atoms with Gasteiger partial charge >= 0.3 is 0 Å². The Kier molecular flexibility index (Phi) is 5.33. The van der Waals surface area contributed by atoms with Gasteiger partial charge in [0.05, 0.1) is 4.34 Å². The lowest BCUT2D eigenvalue weighted by Gasteiger charge is -2.28. The second kappa shape index (κ2) is 6.52. The van der Waals surface area contributed by atoms with Crippen molar-refractivity contribution in [2.75, 3.05) is 32.7 Å². The van der Waals surface area contributed by atoms with Crippen molar-refractivity contribution < 1.29 is 8.42 Å². The van der Waals surface area contributed by atoms with Crippen molar-refractivity contribution in [2.24, 2.45) is 5.73 Å². The summed E-state index contributed by atoms with van der Waals surface area (Å²) >= 11 is 6.95. The third-order valence-electron chi connectivity index (χ3n) is 3.32. The van der Waals surface area contributed by atoms with Gasteiger partial charge in [-0.3, -0.25) is 0 Å². The predicted octanol–water partition coefficient (Wildman–Crippen LogP) is 1.84. The van der Waals surface area contributed by atoms with E-state index in [1.165, 1.54) is 0 Å².